The standard InChI is InChI=1S/C23H30ClN5O3S/c1-15(2)32-20-7-6-16(13-18(20)24)22-27-28-23(33-22)26-14-17-8-11-29(12-9-19(17)25)10-4-5-21(30)31-3/h6-7,13-15,17,25H,4-5,8-12H2,1-3H3. The minimum Gasteiger partial charge on any atom is -0.489 e. The molecular weight excluding hydrogens is 462 g/mol. The Labute approximate surface area is 203 Å². The molecule has 178 valence electrons. The van der Waals surface area contributed by atoms with Gasteiger partial charge in [-0.25, -0.2) is 4.99 Å². The minimum atomic E-state index is -0.180. The number of benzene rings is 1. The van der Waals surface area contributed by atoms with Crippen molar-refractivity contribution in [2.24, 2.45) is 10.9 Å². The summed E-state index contributed by atoms with van der Waals surface area (Å²) in [5.41, 5.74) is 1.53. The van der Waals surface area contributed by atoms with Gasteiger partial charge in [-0.15, -0.1) is 10.2 Å². The second-order valence-electron chi connectivity index (χ2n) is 8.17. The van der Waals surface area contributed by atoms with Gasteiger partial charge in [0.1, 0.15) is 10.8 Å². The lowest BCUT2D eigenvalue weighted by Crippen LogP contribution is -2.26. The Hall–Kier alpha value is -2.36. The first-order chi connectivity index (χ1) is 15.9. The van der Waals surface area contributed by atoms with Crippen LogP contribution in [0.5, 0.6) is 5.75 Å². The fourth-order valence-electron chi connectivity index (χ4n) is 3.53. The average Bonchev–Trinajstić information content (AvgIpc) is 3.19. The molecule has 0 spiro atoms. The Morgan fingerprint density at radius 2 is 2.21 bits per heavy atom. The third kappa shape index (κ3) is 7.58. The maximum atomic E-state index is 11.3. The molecule has 33 heavy (non-hydrogen) atoms. The van der Waals surface area contributed by atoms with Crippen LogP contribution >= 0.6 is 22.9 Å². The van der Waals surface area contributed by atoms with Crippen LogP contribution < -0.4 is 4.74 Å². The molecule has 1 aliphatic heterocycles. The highest BCUT2D eigenvalue weighted by Crippen LogP contribution is 2.34. The summed E-state index contributed by atoms with van der Waals surface area (Å²) in [6, 6.07) is 5.57. The van der Waals surface area contributed by atoms with Crippen LogP contribution in [-0.4, -0.2) is 65.8 Å². The summed E-state index contributed by atoms with van der Waals surface area (Å²) in [6.07, 6.45) is 4.56. The number of halogens is 1. The van der Waals surface area contributed by atoms with E-state index in [1.165, 1.54) is 18.4 Å². The van der Waals surface area contributed by atoms with Gasteiger partial charge < -0.3 is 19.8 Å². The predicted octanol–water partition coefficient (Wildman–Crippen LogP) is 5.03. The van der Waals surface area contributed by atoms with Crippen molar-refractivity contribution < 1.29 is 14.3 Å². The van der Waals surface area contributed by atoms with E-state index >= 15 is 0 Å². The number of esters is 1. The summed E-state index contributed by atoms with van der Waals surface area (Å²) in [7, 11) is 1.41. The van der Waals surface area contributed by atoms with Gasteiger partial charge >= 0.3 is 5.97 Å². The van der Waals surface area contributed by atoms with E-state index in [9.17, 15) is 4.79 Å². The largest absolute Gasteiger partial charge is 0.489 e. The quantitative estimate of drug-likeness (QED) is 0.390. The zero-order valence-electron chi connectivity index (χ0n) is 19.2. The SMILES string of the molecule is COC(=O)CCCN1CCC(=N)C(C=Nc2nnc(-c3ccc(OC(C)C)c(Cl)c3)s2)CC1. The molecule has 0 aliphatic carbocycles. The summed E-state index contributed by atoms with van der Waals surface area (Å²) < 4.78 is 10.4. The van der Waals surface area contributed by atoms with Crippen LogP contribution in [0.25, 0.3) is 10.6 Å². The number of carbonyl (C=O) groups excluding carboxylic acids is 1. The first kappa shape index (κ1) is 25.3. The highest BCUT2D eigenvalue weighted by Gasteiger charge is 2.20. The fraction of sp³-hybridized carbons (Fsp3) is 0.522. The van der Waals surface area contributed by atoms with E-state index in [0.29, 0.717) is 34.5 Å². The first-order valence-electron chi connectivity index (χ1n) is 11.1. The second-order valence-corrected chi connectivity index (χ2v) is 9.53. The molecule has 1 N–H and O–H groups in total. The lowest BCUT2D eigenvalue weighted by atomic mass is 10.00. The van der Waals surface area contributed by atoms with Crippen LogP contribution in [0.1, 0.15) is 39.5 Å². The van der Waals surface area contributed by atoms with Gasteiger partial charge in [-0.3, -0.25) is 4.79 Å². The maximum Gasteiger partial charge on any atom is 0.305 e. The molecule has 1 unspecified atom stereocenters. The monoisotopic (exact) mass is 491 g/mol. The van der Waals surface area contributed by atoms with Crippen LogP contribution in [0.2, 0.25) is 5.02 Å². The van der Waals surface area contributed by atoms with Crippen molar-refractivity contribution in [3.8, 4) is 16.3 Å². The maximum absolute atomic E-state index is 11.3. The highest BCUT2D eigenvalue weighted by molar-refractivity contribution is 7.18. The Kier molecular flexibility index (Phi) is 9.34. The molecule has 1 saturated heterocycles. The van der Waals surface area contributed by atoms with Crippen LogP contribution in [-0.2, 0) is 9.53 Å². The molecule has 0 saturated carbocycles. The van der Waals surface area contributed by atoms with Crippen molar-refractivity contribution in [2.75, 3.05) is 26.7 Å². The molecule has 1 fully saturated rings. The molecule has 1 aromatic carbocycles. The van der Waals surface area contributed by atoms with Crippen molar-refractivity contribution >= 4 is 46.0 Å². The number of hydrogen-bond acceptors (Lipinski definition) is 9. The topological polar surface area (TPSA) is 101 Å². The molecule has 1 atom stereocenters. The zero-order valence-corrected chi connectivity index (χ0v) is 20.8. The van der Waals surface area contributed by atoms with E-state index in [2.05, 4.69) is 20.1 Å². The third-order valence-electron chi connectivity index (χ3n) is 5.30. The summed E-state index contributed by atoms with van der Waals surface area (Å²) in [4.78, 5) is 18.1. The average molecular weight is 492 g/mol. The molecule has 0 radical (unpaired) electrons. The predicted molar refractivity (Wildman–Crippen MR) is 132 cm³/mol. The van der Waals surface area contributed by atoms with Crippen LogP contribution in [0, 0.1) is 11.3 Å². The molecular formula is C23H30ClN5O3S. The van der Waals surface area contributed by atoms with E-state index in [-0.39, 0.29) is 18.0 Å². The van der Waals surface area contributed by atoms with Gasteiger partial charge in [0.25, 0.3) is 0 Å². The molecule has 1 aromatic heterocycles. The summed E-state index contributed by atoms with van der Waals surface area (Å²) in [6.45, 7) is 6.43. The summed E-state index contributed by atoms with van der Waals surface area (Å²) >= 11 is 7.72. The smallest absolute Gasteiger partial charge is 0.305 e. The number of nitrogens with zero attached hydrogens (tertiary/aromatic N) is 4. The first-order valence-corrected chi connectivity index (χ1v) is 12.3. The van der Waals surface area contributed by atoms with E-state index in [1.807, 2.05) is 38.3 Å². The highest BCUT2D eigenvalue weighted by atomic mass is 35.5. The van der Waals surface area contributed by atoms with Crippen LogP contribution in [0.3, 0.4) is 0 Å². The molecule has 0 amide bonds. The Morgan fingerprint density at radius 1 is 1.39 bits per heavy atom. The van der Waals surface area contributed by atoms with E-state index < -0.39 is 0 Å². The van der Waals surface area contributed by atoms with Crippen molar-refractivity contribution in [2.45, 2.75) is 45.6 Å². The number of carbonyl (C=O) groups is 1. The van der Waals surface area contributed by atoms with Gasteiger partial charge in [0.05, 0.1) is 18.2 Å². The minimum absolute atomic E-state index is 0.0233. The van der Waals surface area contributed by atoms with Gasteiger partial charge in [-0.05, 0) is 64.4 Å². The third-order valence-corrected chi connectivity index (χ3v) is 6.48. The van der Waals surface area contributed by atoms with Crippen molar-refractivity contribution in [3.63, 3.8) is 0 Å². The number of aromatic nitrogens is 2. The van der Waals surface area contributed by atoms with Gasteiger partial charge in [-0.1, -0.05) is 22.9 Å². The molecule has 2 heterocycles. The van der Waals surface area contributed by atoms with Crippen molar-refractivity contribution in [3.05, 3.63) is 23.2 Å². The summed E-state index contributed by atoms with van der Waals surface area (Å²) in [5.74, 6) is 0.440. The molecule has 0 bridgehead atoms. The number of methoxy groups -OCH3 is 1. The molecule has 1 aliphatic rings. The van der Waals surface area contributed by atoms with Crippen LogP contribution in [0.15, 0.2) is 23.2 Å². The lowest BCUT2D eigenvalue weighted by Gasteiger charge is -2.18. The van der Waals surface area contributed by atoms with E-state index in [1.54, 1.807) is 0 Å². The zero-order chi connectivity index (χ0) is 23.8. The van der Waals surface area contributed by atoms with Crippen LogP contribution in [0.4, 0.5) is 5.13 Å². The van der Waals surface area contributed by atoms with E-state index in [0.717, 1.165) is 43.0 Å². The van der Waals surface area contributed by atoms with Gasteiger partial charge in [0, 0.05) is 36.4 Å². The number of rotatable bonds is 9. The number of hydrogen-bond donors (Lipinski definition) is 1. The Morgan fingerprint density at radius 3 is 2.94 bits per heavy atom. The number of likely N-dealkylation sites (tertiary alicyclic amines) is 1. The fourth-order valence-corrected chi connectivity index (χ4v) is 4.45. The molecule has 8 nitrogen and oxygen atoms in total. The number of ether oxygens (including phenoxy) is 2. The number of aliphatic imine (C=N–C) groups is 1. The van der Waals surface area contributed by atoms with Crippen molar-refractivity contribution in [1.29, 1.82) is 5.41 Å². The summed E-state index contributed by atoms with van der Waals surface area (Å²) in [5, 5.41) is 18.6. The van der Waals surface area contributed by atoms with Gasteiger partial charge in [-0.2, -0.15) is 0 Å². The lowest BCUT2D eigenvalue weighted by molar-refractivity contribution is -0.140. The van der Waals surface area contributed by atoms with Gasteiger partial charge in [0.15, 0.2) is 0 Å². The molecule has 3 rings (SSSR count). The van der Waals surface area contributed by atoms with Gasteiger partial charge in [0.2, 0.25) is 5.13 Å². The van der Waals surface area contributed by atoms with E-state index in [4.69, 9.17) is 26.5 Å². The Bertz CT molecular complexity index is 994. The second kappa shape index (κ2) is 12.2. The normalized spacial score (nSPS) is 17.5. The van der Waals surface area contributed by atoms with Crippen molar-refractivity contribution in [1.82, 2.24) is 15.1 Å². The number of nitrogens with one attached hydrogen (secondary N) is 1. The molecule has 10 heteroatoms. The molecule has 2 aromatic rings. The Balaban J connectivity index is 1.57.